The van der Waals surface area contributed by atoms with E-state index in [0.717, 1.165) is 29.0 Å². The van der Waals surface area contributed by atoms with Gasteiger partial charge >= 0.3 is 0 Å². The number of aliphatic hydroxyl groups is 4. The van der Waals surface area contributed by atoms with E-state index in [4.69, 9.17) is 18.9 Å². The van der Waals surface area contributed by atoms with Crippen LogP contribution in [0.1, 0.15) is 36.2 Å². The Morgan fingerprint density at radius 1 is 1.12 bits per heavy atom. The van der Waals surface area contributed by atoms with E-state index in [9.17, 15) is 20.4 Å². The summed E-state index contributed by atoms with van der Waals surface area (Å²) in [6, 6.07) is 7.82. The molecular weight excluding hydrogens is 432 g/mol. The molecule has 10 nitrogen and oxygen atoms in total. The van der Waals surface area contributed by atoms with Crippen LogP contribution in [0.4, 0.5) is 0 Å². The van der Waals surface area contributed by atoms with Crippen LogP contribution in [0.2, 0.25) is 0 Å². The van der Waals surface area contributed by atoms with E-state index in [-0.39, 0.29) is 11.9 Å². The van der Waals surface area contributed by atoms with Gasteiger partial charge < -0.3 is 39.4 Å². The first-order chi connectivity index (χ1) is 15.9. The predicted octanol–water partition coefficient (Wildman–Crippen LogP) is 0.321. The van der Waals surface area contributed by atoms with Crippen molar-refractivity contribution < 1.29 is 39.4 Å². The Bertz CT molecular complexity index is 910. The normalized spacial score (nSPS) is 29.9. The smallest absolute Gasteiger partial charge is 0.239 e. The summed E-state index contributed by atoms with van der Waals surface area (Å²) in [7, 11) is 0. The van der Waals surface area contributed by atoms with Gasteiger partial charge in [0, 0.05) is 24.3 Å². The Kier molecular flexibility index (Phi) is 7.52. The Balaban J connectivity index is 1.62. The molecule has 33 heavy (non-hydrogen) atoms. The lowest BCUT2D eigenvalue weighted by atomic mass is 9.99. The van der Waals surface area contributed by atoms with Crippen LogP contribution in [0.25, 0.3) is 0 Å². The van der Waals surface area contributed by atoms with Gasteiger partial charge in [0.1, 0.15) is 30.2 Å². The molecule has 0 spiro atoms. The Morgan fingerprint density at radius 3 is 2.52 bits per heavy atom. The lowest BCUT2D eigenvalue weighted by Gasteiger charge is -2.39. The molecule has 0 amide bonds. The molecule has 2 aromatic rings. The van der Waals surface area contributed by atoms with Gasteiger partial charge in [-0.05, 0) is 38.0 Å². The summed E-state index contributed by atoms with van der Waals surface area (Å²) in [5.74, 6) is 1.05. The van der Waals surface area contributed by atoms with E-state index in [1.165, 1.54) is 0 Å². The summed E-state index contributed by atoms with van der Waals surface area (Å²) < 4.78 is 24.4. The topological polar surface area (TPSA) is 136 Å². The second-order valence-electron chi connectivity index (χ2n) is 8.40. The van der Waals surface area contributed by atoms with Gasteiger partial charge in [-0.2, -0.15) is 0 Å². The standard InChI is InChI=1S/C23H32N2O8/c1-3-31-16-6-4-14(5-7-16)10-17-13(2)25(15-8-9-30-12-15)24-22(17)33-23-21(29)20(28)19(27)18(11-26)32-23/h4-7,15,18-21,23,26-29H,3,8-12H2,1-2H3/t15?,18-,19-,20+,21-,23+/m1/s1. The lowest BCUT2D eigenvalue weighted by Crippen LogP contribution is -2.60. The van der Waals surface area contributed by atoms with E-state index in [1.54, 1.807) is 0 Å². The van der Waals surface area contributed by atoms with Crippen LogP contribution in [0, 0.1) is 6.92 Å². The average molecular weight is 465 g/mol. The zero-order chi connectivity index (χ0) is 23.5. The first-order valence-corrected chi connectivity index (χ1v) is 11.3. The number of hydrogen-bond donors (Lipinski definition) is 4. The fraction of sp³-hybridized carbons (Fsp3) is 0.609. The molecule has 0 bridgehead atoms. The molecule has 4 rings (SSSR count). The van der Waals surface area contributed by atoms with Crippen molar-refractivity contribution >= 4 is 0 Å². The molecule has 6 atom stereocenters. The number of rotatable bonds is 8. The van der Waals surface area contributed by atoms with E-state index in [0.29, 0.717) is 26.2 Å². The zero-order valence-electron chi connectivity index (χ0n) is 18.8. The summed E-state index contributed by atoms with van der Waals surface area (Å²) in [5, 5.41) is 44.7. The van der Waals surface area contributed by atoms with Crippen molar-refractivity contribution in [3.05, 3.63) is 41.1 Å². The van der Waals surface area contributed by atoms with E-state index in [2.05, 4.69) is 5.10 Å². The number of benzene rings is 1. The summed E-state index contributed by atoms with van der Waals surface area (Å²) >= 11 is 0. The molecule has 1 aromatic carbocycles. The van der Waals surface area contributed by atoms with Crippen molar-refractivity contribution in [2.75, 3.05) is 26.4 Å². The number of aliphatic hydroxyl groups excluding tert-OH is 4. The van der Waals surface area contributed by atoms with Gasteiger partial charge in [-0.3, -0.25) is 4.68 Å². The first-order valence-electron chi connectivity index (χ1n) is 11.3. The maximum absolute atomic E-state index is 10.4. The highest BCUT2D eigenvalue weighted by Crippen LogP contribution is 2.32. The van der Waals surface area contributed by atoms with Gasteiger partial charge in [-0.15, -0.1) is 5.10 Å². The van der Waals surface area contributed by atoms with Crippen LogP contribution < -0.4 is 9.47 Å². The molecule has 0 aliphatic carbocycles. The van der Waals surface area contributed by atoms with Crippen molar-refractivity contribution in [3.63, 3.8) is 0 Å². The molecule has 4 N–H and O–H groups in total. The summed E-state index contributed by atoms with van der Waals surface area (Å²) in [6.45, 7) is 5.14. The van der Waals surface area contributed by atoms with Crippen LogP contribution in [-0.2, 0) is 15.9 Å². The van der Waals surface area contributed by atoms with Crippen LogP contribution in [0.3, 0.4) is 0 Å². The molecule has 2 aliphatic rings. The van der Waals surface area contributed by atoms with Crippen LogP contribution in [0.5, 0.6) is 11.6 Å². The highest BCUT2D eigenvalue weighted by Gasteiger charge is 2.45. The maximum atomic E-state index is 10.4. The molecule has 10 heteroatoms. The van der Waals surface area contributed by atoms with Crippen molar-refractivity contribution in [3.8, 4) is 11.6 Å². The highest BCUT2D eigenvalue weighted by molar-refractivity contribution is 5.38. The zero-order valence-corrected chi connectivity index (χ0v) is 18.8. The minimum Gasteiger partial charge on any atom is -0.494 e. The molecular formula is C23H32N2O8. The summed E-state index contributed by atoms with van der Waals surface area (Å²) in [5.41, 5.74) is 2.73. The summed E-state index contributed by atoms with van der Waals surface area (Å²) in [4.78, 5) is 0. The molecule has 3 heterocycles. The van der Waals surface area contributed by atoms with Gasteiger partial charge in [0.05, 0.1) is 25.9 Å². The highest BCUT2D eigenvalue weighted by atomic mass is 16.7. The molecule has 1 aromatic heterocycles. The van der Waals surface area contributed by atoms with Gasteiger partial charge in [0.2, 0.25) is 12.2 Å². The van der Waals surface area contributed by atoms with Crippen molar-refractivity contribution in [2.45, 2.75) is 63.4 Å². The van der Waals surface area contributed by atoms with Gasteiger partial charge in [0.15, 0.2) is 0 Å². The minimum absolute atomic E-state index is 0.0660. The monoisotopic (exact) mass is 464 g/mol. The number of nitrogens with zero attached hydrogens (tertiary/aromatic N) is 2. The molecule has 2 fully saturated rings. The average Bonchev–Trinajstić information content (AvgIpc) is 3.45. The Morgan fingerprint density at radius 2 is 1.88 bits per heavy atom. The fourth-order valence-corrected chi connectivity index (χ4v) is 4.24. The molecule has 2 aliphatic heterocycles. The third-order valence-corrected chi connectivity index (χ3v) is 6.18. The second-order valence-corrected chi connectivity index (χ2v) is 8.40. The third kappa shape index (κ3) is 5.01. The molecule has 1 unspecified atom stereocenters. The molecule has 2 saturated heterocycles. The third-order valence-electron chi connectivity index (χ3n) is 6.18. The maximum Gasteiger partial charge on any atom is 0.239 e. The fourth-order valence-electron chi connectivity index (χ4n) is 4.24. The molecule has 0 saturated carbocycles. The minimum atomic E-state index is -1.53. The second kappa shape index (κ2) is 10.4. The largest absolute Gasteiger partial charge is 0.494 e. The Hall–Kier alpha value is -2.21. The van der Waals surface area contributed by atoms with E-state index >= 15 is 0 Å². The van der Waals surface area contributed by atoms with E-state index in [1.807, 2.05) is 42.8 Å². The molecule has 182 valence electrons. The van der Waals surface area contributed by atoms with Gasteiger partial charge in [0.25, 0.3) is 0 Å². The van der Waals surface area contributed by atoms with Gasteiger partial charge in [-0.25, -0.2) is 0 Å². The van der Waals surface area contributed by atoms with E-state index < -0.39 is 37.3 Å². The quantitative estimate of drug-likeness (QED) is 0.435. The SMILES string of the molecule is CCOc1ccc(Cc2c(O[C@@H]3O[C@H](CO)[C@@H](O)[C@H](O)[C@H]3O)nn(C3CCOC3)c2C)cc1. The summed E-state index contributed by atoms with van der Waals surface area (Å²) in [6.07, 6.45) is -5.52. The van der Waals surface area contributed by atoms with Crippen LogP contribution >= 0.6 is 0 Å². The van der Waals surface area contributed by atoms with Gasteiger partial charge in [-0.1, -0.05) is 12.1 Å². The molecule has 0 radical (unpaired) electrons. The Labute approximate surface area is 192 Å². The predicted molar refractivity (Wildman–Crippen MR) is 116 cm³/mol. The number of aromatic nitrogens is 2. The van der Waals surface area contributed by atoms with Crippen molar-refractivity contribution in [1.29, 1.82) is 0 Å². The lowest BCUT2D eigenvalue weighted by molar-refractivity contribution is -0.278. The van der Waals surface area contributed by atoms with Crippen molar-refractivity contribution in [1.82, 2.24) is 9.78 Å². The number of ether oxygens (including phenoxy) is 4. The van der Waals surface area contributed by atoms with Crippen LogP contribution in [0.15, 0.2) is 24.3 Å². The van der Waals surface area contributed by atoms with Crippen LogP contribution in [-0.4, -0.2) is 87.3 Å². The van der Waals surface area contributed by atoms with Crippen molar-refractivity contribution in [2.24, 2.45) is 0 Å². The number of hydrogen-bond acceptors (Lipinski definition) is 9. The first kappa shape index (κ1) is 23.9.